The second-order valence-electron chi connectivity index (χ2n) is 14.0. The van der Waals surface area contributed by atoms with Gasteiger partial charge in [0.25, 0.3) is 0 Å². The summed E-state index contributed by atoms with van der Waals surface area (Å²) >= 11 is 0. The van der Waals surface area contributed by atoms with Gasteiger partial charge in [-0.3, -0.25) is 0 Å². The van der Waals surface area contributed by atoms with Crippen LogP contribution in [0, 0.1) is 22.7 Å². The number of benzene rings is 8. The van der Waals surface area contributed by atoms with Crippen LogP contribution in [0.3, 0.4) is 0 Å². The number of hydrogen-bond acceptors (Lipinski definition) is 2. The predicted molar refractivity (Wildman–Crippen MR) is 224 cm³/mol. The number of aromatic nitrogens is 3. The Morgan fingerprint density at radius 2 is 0.818 bits per heavy atom. The maximum absolute atomic E-state index is 10.3. The Labute approximate surface area is 316 Å². The van der Waals surface area contributed by atoms with Crippen molar-refractivity contribution in [1.82, 2.24) is 13.7 Å². The molecule has 0 bridgehead atoms. The van der Waals surface area contributed by atoms with E-state index in [1.54, 1.807) is 0 Å². The molecule has 5 nitrogen and oxygen atoms in total. The number of hydrogen-bond donors (Lipinski definition) is 0. The molecule has 3 heterocycles. The first-order valence-electron chi connectivity index (χ1n) is 18.3. The Kier molecular flexibility index (Phi) is 6.61. The monoisotopic (exact) mass is 699 g/mol. The highest BCUT2D eigenvalue weighted by molar-refractivity contribution is 6.12. The van der Waals surface area contributed by atoms with Gasteiger partial charge in [0.05, 0.1) is 56.0 Å². The average molecular weight is 700 g/mol. The van der Waals surface area contributed by atoms with Gasteiger partial charge in [-0.15, -0.1) is 0 Å². The molecule has 0 radical (unpaired) electrons. The van der Waals surface area contributed by atoms with Gasteiger partial charge in [0.15, 0.2) is 0 Å². The second kappa shape index (κ2) is 11.8. The molecule has 55 heavy (non-hydrogen) atoms. The molecule has 0 N–H and O–H groups in total. The molecular weight excluding hydrogens is 671 g/mol. The molecule has 0 amide bonds. The van der Waals surface area contributed by atoms with Crippen molar-refractivity contribution in [3.05, 3.63) is 187 Å². The third-order valence-corrected chi connectivity index (χ3v) is 11.1. The van der Waals surface area contributed by atoms with Crippen LogP contribution in [0.15, 0.2) is 176 Å². The Morgan fingerprint density at radius 1 is 0.327 bits per heavy atom. The summed E-state index contributed by atoms with van der Waals surface area (Å²) in [6, 6.07) is 66.1. The van der Waals surface area contributed by atoms with Gasteiger partial charge in [0.2, 0.25) is 0 Å². The largest absolute Gasteiger partial charge is 0.309 e. The zero-order valence-corrected chi connectivity index (χ0v) is 29.5. The third kappa shape index (κ3) is 4.51. The van der Waals surface area contributed by atoms with E-state index in [9.17, 15) is 10.5 Å². The Morgan fingerprint density at radius 3 is 1.42 bits per heavy atom. The van der Waals surface area contributed by atoms with Crippen LogP contribution in [-0.4, -0.2) is 13.7 Å². The van der Waals surface area contributed by atoms with Crippen LogP contribution in [0.4, 0.5) is 0 Å². The van der Waals surface area contributed by atoms with Crippen LogP contribution in [-0.2, 0) is 0 Å². The Hall–Kier alpha value is -7.86. The number of fused-ring (bicyclic) bond motifs is 9. The number of para-hydroxylation sites is 4. The van der Waals surface area contributed by atoms with Crippen LogP contribution >= 0.6 is 0 Å². The van der Waals surface area contributed by atoms with E-state index in [2.05, 4.69) is 159 Å². The summed E-state index contributed by atoms with van der Waals surface area (Å²) in [7, 11) is 0. The Balaban J connectivity index is 1.06. The molecule has 0 aliphatic heterocycles. The molecule has 0 atom stereocenters. The van der Waals surface area contributed by atoms with Gasteiger partial charge in [-0.05, 0) is 90.0 Å². The van der Waals surface area contributed by atoms with E-state index in [4.69, 9.17) is 0 Å². The van der Waals surface area contributed by atoms with E-state index in [1.807, 2.05) is 42.5 Å². The molecule has 11 rings (SSSR count). The van der Waals surface area contributed by atoms with E-state index in [-0.39, 0.29) is 0 Å². The summed E-state index contributed by atoms with van der Waals surface area (Å²) in [5, 5.41) is 26.9. The molecule has 11 aromatic rings. The van der Waals surface area contributed by atoms with E-state index in [0.717, 1.165) is 61.0 Å². The van der Waals surface area contributed by atoms with E-state index < -0.39 is 0 Å². The minimum Gasteiger partial charge on any atom is -0.309 e. The second-order valence-corrected chi connectivity index (χ2v) is 14.0. The first kappa shape index (κ1) is 30.7. The van der Waals surface area contributed by atoms with Crippen molar-refractivity contribution in [1.29, 1.82) is 10.5 Å². The summed E-state index contributed by atoms with van der Waals surface area (Å²) in [5.74, 6) is 0. The van der Waals surface area contributed by atoms with Gasteiger partial charge in [-0.2, -0.15) is 10.5 Å². The molecule has 0 unspecified atom stereocenters. The minimum absolute atomic E-state index is 0.580. The van der Waals surface area contributed by atoms with Crippen molar-refractivity contribution in [2.75, 3.05) is 0 Å². The zero-order valence-electron chi connectivity index (χ0n) is 29.5. The number of nitriles is 2. The molecule has 0 aliphatic rings. The highest BCUT2D eigenvalue weighted by Crippen LogP contribution is 2.38. The van der Waals surface area contributed by atoms with Crippen LogP contribution < -0.4 is 0 Å². The van der Waals surface area contributed by atoms with Crippen LogP contribution in [0.5, 0.6) is 0 Å². The SMILES string of the molecule is N#Cc1ccc2c(c1)c1ccccc1n2-c1cc(-c2ccc(-n3c4ccccc4c4ccc(-n5c6ccccc6c6ccccc65)cc43)cc2)ccc1C#N. The topological polar surface area (TPSA) is 62.4 Å². The van der Waals surface area contributed by atoms with Crippen molar-refractivity contribution in [3.63, 3.8) is 0 Å². The first-order valence-corrected chi connectivity index (χ1v) is 18.3. The lowest BCUT2D eigenvalue weighted by atomic mass is 10.0. The van der Waals surface area contributed by atoms with Crippen LogP contribution in [0.2, 0.25) is 0 Å². The fourth-order valence-electron chi connectivity index (χ4n) is 8.67. The van der Waals surface area contributed by atoms with Crippen molar-refractivity contribution in [3.8, 4) is 40.3 Å². The molecule has 0 saturated carbocycles. The summed E-state index contributed by atoms with van der Waals surface area (Å²) < 4.78 is 6.88. The molecule has 0 fully saturated rings. The van der Waals surface area contributed by atoms with Crippen molar-refractivity contribution in [2.24, 2.45) is 0 Å². The fourth-order valence-corrected chi connectivity index (χ4v) is 8.67. The van der Waals surface area contributed by atoms with E-state index in [1.165, 1.54) is 32.6 Å². The molecular formula is C50H29N5. The molecule has 254 valence electrons. The summed E-state index contributed by atoms with van der Waals surface area (Å²) in [6.45, 7) is 0. The van der Waals surface area contributed by atoms with E-state index in [0.29, 0.717) is 11.1 Å². The molecule has 0 aliphatic carbocycles. The van der Waals surface area contributed by atoms with E-state index >= 15 is 0 Å². The first-order chi connectivity index (χ1) is 27.2. The van der Waals surface area contributed by atoms with Crippen molar-refractivity contribution < 1.29 is 0 Å². The molecule has 8 aromatic carbocycles. The lowest BCUT2D eigenvalue weighted by molar-refractivity contribution is 1.15. The molecule has 5 heteroatoms. The standard InChI is InChI=1S/C50H29N5/c51-30-32-17-26-48-43(27-32)41-12-4-8-16-47(41)55(48)49-28-34(18-19-35(49)31-52)33-20-22-36(23-21-33)53-44-13-5-3-11-40(44)42-25-24-37(29-50(42)53)54-45-14-6-1-9-38(45)39-10-2-7-15-46(39)54/h1-29H. The quantitative estimate of drug-likeness (QED) is 0.184. The fraction of sp³-hybridized carbons (Fsp3) is 0. The van der Waals surface area contributed by atoms with Gasteiger partial charge in [0.1, 0.15) is 6.07 Å². The normalized spacial score (nSPS) is 11.6. The summed E-state index contributed by atoms with van der Waals surface area (Å²) in [4.78, 5) is 0. The molecule has 3 aromatic heterocycles. The van der Waals surface area contributed by atoms with Crippen molar-refractivity contribution in [2.45, 2.75) is 0 Å². The minimum atomic E-state index is 0.580. The molecule has 0 spiro atoms. The molecule has 0 saturated heterocycles. The highest BCUT2D eigenvalue weighted by atomic mass is 15.0. The van der Waals surface area contributed by atoms with Crippen LogP contribution in [0.25, 0.3) is 93.6 Å². The zero-order chi connectivity index (χ0) is 36.6. The van der Waals surface area contributed by atoms with Crippen molar-refractivity contribution >= 4 is 65.4 Å². The Bertz CT molecular complexity index is 3400. The summed E-state index contributed by atoms with van der Waals surface area (Å²) in [5.41, 5.74) is 12.8. The van der Waals surface area contributed by atoms with Gasteiger partial charge in [-0.25, -0.2) is 0 Å². The number of nitrogens with zero attached hydrogens (tertiary/aromatic N) is 5. The highest BCUT2D eigenvalue weighted by Gasteiger charge is 2.18. The van der Waals surface area contributed by atoms with Gasteiger partial charge in [-0.1, -0.05) is 97.1 Å². The third-order valence-electron chi connectivity index (χ3n) is 11.1. The average Bonchev–Trinajstić information content (AvgIpc) is 3.88. The van der Waals surface area contributed by atoms with Gasteiger partial charge in [0, 0.05) is 43.7 Å². The smallest absolute Gasteiger partial charge is 0.101 e. The number of rotatable bonds is 4. The lowest BCUT2D eigenvalue weighted by Gasteiger charge is -2.14. The van der Waals surface area contributed by atoms with Crippen LogP contribution in [0.1, 0.15) is 11.1 Å². The maximum atomic E-state index is 10.3. The van der Waals surface area contributed by atoms with Gasteiger partial charge >= 0.3 is 0 Å². The predicted octanol–water partition coefficient (Wildman–Crippen LogP) is 12.4. The summed E-state index contributed by atoms with van der Waals surface area (Å²) in [6.07, 6.45) is 0. The maximum Gasteiger partial charge on any atom is 0.101 e. The van der Waals surface area contributed by atoms with Gasteiger partial charge < -0.3 is 13.7 Å². The lowest BCUT2D eigenvalue weighted by Crippen LogP contribution is -1.99.